The SMILES string of the molecule is COC(=O)c1ccc(Cl)c(Nc2cncc(C(=O)Nc3ccc(C)cc3)c2)c1. The Morgan fingerprint density at radius 2 is 1.71 bits per heavy atom. The second kappa shape index (κ2) is 8.54. The lowest BCUT2D eigenvalue weighted by Crippen LogP contribution is -2.12. The summed E-state index contributed by atoms with van der Waals surface area (Å²) in [6.07, 6.45) is 3.03. The minimum atomic E-state index is -0.468. The number of halogens is 1. The van der Waals surface area contributed by atoms with Gasteiger partial charge in [0.05, 0.1) is 40.8 Å². The molecule has 0 saturated heterocycles. The highest BCUT2D eigenvalue weighted by molar-refractivity contribution is 6.33. The zero-order chi connectivity index (χ0) is 20.1. The van der Waals surface area contributed by atoms with E-state index in [2.05, 4.69) is 15.6 Å². The van der Waals surface area contributed by atoms with Crippen LogP contribution < -0.4 is 10.6 Å². The first-order valence-corrected chi connectivity index (χ1v) is 8.82. The summed E-state index contributed by atoms with van der Waals surface area (Å²) >= 11 is 6.20. The number of nitrogens with zero attached hydrogens (tertiary/aromatic N) is 1. The van der Waals surface area contributed by atoms with Crippen molar-refractivity contribution in [2.24, 2.45) is 0 Å². The van der Waals surface area contributed by atoms with Crippen molar-refractivity contribution in [3.05, 3.63) is 82.6 Å². The van der Waals surface area contributed by atoms with Crippen LogP contribution in [0.5, 0.6) is 0 Å². The number of carbonyl (C=O) groups excluding carboxylic acids is 2. The summed E-state index contributed by atoms with van der Waals surface area (Å²) in [5.41, 5.74) is 3.60. The van der Waals surface area contributed by atoms with E-state index in [1.54, 1.807) is 30.5 Å². The van der Waals surface area contributed by atoms with Gasteiger partial charge in [-0.3, -0.25) is 9.78 Å². The number of aryl methyl sites for hydroxylation is 1. The molecule has 0 aliphatic carbocycles. The van der Waals surface area contributed by atoms with Crippen LogP contribution >= 0.6 is 11.6 Å². The molecule has 0 aliphatic heterocycles. The summed E-state index contributed by atoms with van der Waals surface area (Å²) in [6.45, 7) is 1.98. The number of methoxy groups -OCH3 is 1. The first-order chi connectivity index (χ1) is 13.5. The van der Waals surface area contributed by atoms with Gasteiger partial charge in [-0.1, -0.05) is 29.3 Å². The van der Waals surface area contributed by atoms with Gasteiger partial charge in [0.15, 0.2) is 0 Å². The molecular weight excluding hydrogens is 378 g/mol. The molecule has 0 radical (unpaired) electrons. The van der Waals surface area contributed by atoms with Crippen LogP contribution in [0, 0.1) is 6.92 Å². The van der Waals surface area contributed by atoms with E-state index in [0.717, 1.165) is 5.56 Å². The number of carbonyl (C=O) groups is 2. The number of nitrogens with one attached hydrogen (secondary N) is 2. The Bertz CT molecular complexity index is 1020. The lowest BCUT2D eigenvalue weighted by atomic mass is 10.2. The predicted molar refractivity (Wildman–Crippen MR) is 109 cm³/mol. The van der Waals surface area contributed by atoms with Crippen molar-refractivity contribution >= 4 is 40.5 Å². The van der Waals surface area contributed by atoms with Crippen LogP contribution in [0.3, 0.4) is 0 Å². The van der Waals surface area contributed by atoms with Crippen molar-refractivity contribution < 1.29 is 14.3 Å². The minimum absolute atomic E-state index is 0.283. The molecule has 2 N–H and O–H groups in total. The number of pyridine rings is 1. The summed E-state index contributed by atoms with van der Waals surface area (Å²) in [5.74, 6) is -0.751. The molecule has 142 valence electrons. The minimum Gasteiger partial charge on any atom is -0.465 e. The van der Waals surface area contributed by atoms with Crippen molar-refractivity contribution in [1.82, 2.24) is 4.98 Å². The number of aromatic nitrogens is 1. The normalized spacial score (nSPS) is 10.2. The highest BCUT2D eigenvalue weighted by atomic mass is 35.5. The van der Waals surface area contributed by atoms with Gasteiger partial charge in [0.2, 0.25) is 0 Å². The maximum Gasteiger partial charge on any atom is 0.337 e. The molecule has 1 aromatic heterocycles. The Kier molecular flexibility index (Phi) is 5.91. The molecule has 2 aromatic carbocycles. The van der Waals surface area contributed by atoms with Gasteiger partial charge in [0, 0.05) is 11.9 Å². The van der Waals surface area contributed by atoms with Crippen molar-refractivity contribution in [2.45, 2.75) is 6.92 Å². The van der Waals surface area contributed by atoms with Crippen molar-refractivity contribution in [2.75, 3.05) is 17.7 Å². The second-order valence-corrected chi connectivity index (χ2v) is 6.50. The largest absolute Gasteiger partial charge is 0.465 e. The van der Waals surface area contributed by atoms with E-state index in [1.807, 2.05) is 31.2 Å². The molecule has 0 atom stereocenters. The van der Waals surface area contributed by atoms with Gasteiger partial charge in [-0.05, 0) is 43.3 Å². The maximum absolute atomic E-state index is 12.5. The molecule has 3 aromatic rings. The standard InChI is InChI=1S/C21H18ClN3O3/c1-13-3-6-16(7-4-13)25-20(26)15-9-17(12-23-11-15)24-19-10-14(21(27)28-2)5-8-18(19)22/h3-12,24H,1-2H3,(H,25,26). The van der Waals surface area contributed by atoms with E-state index in [4.69, 9.17) is 16.3 Å². The summed E-state index contributed by atoms with van der Waals surface area (Å²) in [5, 5.41) is 6.32. The van der Waals surface area contributed by atoms with Gasteiger partial charge in [-0.2, -0.15) is 0 Å². The third kappa shape index (κ3) is 4.66. The summed E-state index contributed by atoms with van der Waals surface area (Å²) < 4.78 is 4.72. The number of anilines is 3. The predicted octanol–water partition coefficient (Wildman–Crippen LogP) is 4.83. The number of hydrogen-bond donors (Lipinski definition) is 2. The number of ether oxygens (including phenoxy) is 1. The molecule has 7 heteroatoms. The molecule has 0 saturated carbocycles. The molecule has 28 heavy (non-hydrogen) atoms. The van der Waals surface area contributed by atoms with Gasteiger partial charge in [-0.25, -0.2) is 4.79 Å². The number of amides is 1. The lowest BCUT2D eigenvalue weighted by Gasteiger charge is -2.11. The van der Waals surface area contributed by atoms with E-state index < -0.39 is 5.97 Å². The fraction of sp³-hybridized carbons (Fsp3) is 0.0952. The Hall–Kier alpha value is -3.38. The fourth-order valence-corrected chi connectivity index (χ4v) is 2.66. The molecule has 3 rings (SSSR count). The second-order valence-electron chi connectivity index (χ2n) is 6.09. The van der Waals surface area contributed by atoms with Crippen molar-refractivity contribution in [3.8, 4) is 0 Å². The molecule has 1 amide bonds. The van der Waals surface area contributed by atoms with Crippen molar-refractivity contribution in [1.29, 1.82) is 0 Å². The maximum atomic E-state index is 12.5. The van der Waals surface area contributed by atoms with Crippen LogP contribution in [-0.2, 0) is 4.74 Å². The van der Waals surface area contributed by atoms with Crippen LogP contribution in [0.25, 0.3) is 0 Å². The smallest absolute Gasteiger partial charge is 0.337 e. The number of rotatable bonds is 5. The fourth-order valence-electron chi connectivity index (χ4n) is 2.49. The first-order valence-electron chi connectivity index (χ1n) is 8.44. The Morgan fingerprint density at radius 3 is 2.43 bits per heavy atom. The van der Waals surface area contributed by atoms with Gasteiger partial charge in [-0.15, -0.1) is 0 Å². The topological polar surface area (TPSA) is 80.3 Å². The quantitative estimate of drug-likeness (QED) is 0.605. The van der Waals surface area contributed by atoms with Gasteiger partial charge in [0.25, 0.3) is 5.91 Å². The van der Waals surface area contributed by atoms with Crippen LogP contribution in [0.15, 0.2) is 60.9 Å². The molecule has 0 bridgehead atoms. The van der Waals surface area contributed by atoms with Crippen molar-refractivity contribution in [3.63, 3.8) is 0 Å². The lowest BCUT2D eigenvalue weighted by molar-refractivity contribution is 0.0600. The number of hydrogen-bond acceptors (Lipinski definition) is 5. The van der Waals surface area contributed by atoms with Crippen LogP contribution in [0.4, 0.5) is 17.1 Å². The average molecular weight is 396 g/mol. The molecule has 0 unspecified atom stereocenters. The summed E-state index contributed by atoms with van der Waals surface area (Å²) in [6, 6.07) is 13.9. The van der Waals surface area contributed by atoms with Gasteiger partial charge in [0.1, 0.15) is 0 Å². The Balaban J connectivity index is 1.79. The third-order valence-electron chi connectivity index (χ3n) is 3.98. The van der Waals surface area contributed by atoms with Gasteiger partial charge >= 0.3 is 5.97 Å². The van der Waals surface area contributed by atoms with E-state index in [-0.39, 0.29) is 5.91 Å². The molecule has 1 heterocycles. The first kappa shape index (κ1) is 19.4. The molecule has 0 spiro atoms. The average Bonchev–Trinajstić information content (AvgIpc) is 2.71. The van der Waals surface area contributed by atoms with Gasteiger partial charge < -0.3 is 15.4 Å². The molecule has 0 aliphatic rings. The monoisotopic (exact) mass is 395 g/mol. The summed E-state index contributed by atoms with van der Waals surface area (Å²) in [7, 11) is 1.31. The Morgan fingerprint density at radius 1 is 0.964 bits per heavy atom. The van der Waals surface area contributed by atoms with Crippen LogP contribution in [-0.4, -0.2) is 24.0 Å². The molecular formula is C21H18ClN3O3. The molecule has 0 fully saturated rings. The molecule has 6 nitrogen and oxygen atoms in total. The van der Waals surface area contributed by atoms with Crippen LogP contribution in [0.1, 0.15) is 26.3 Å². The van der Waals surface area contributed by atoms with E-state index in [0.29, 0.717) is 33.2 Å². The highest BCUT2D eigenvalue weighted by Crippen LogP contribution is 2.27. The van der Waals surface area contributed by atoms with Crippen LogP contribution in [0.2, 0.25) is 5.02 Å². The summed E-state index contributed by atoms with van der Waals surface area (Å²) in [4.78, 5) is 28.3. The third-order valence-corrected chi connectivity index (χ3v) is 4.31. The Labute approximate surface area is 167 Å². The highest BCUT2D eigenvalue weighted by Gasteiger charge is 2.11. The van der Waals surface area contributed by atoms with E-state index in [9.17, 15) is 9.59 Å². The number of benzene rings is 2. The zero-order valence-corrected chi connectivity index (χ0v) is 16.1. The van der Waals surface area contributed by atoms with E-state index >= 15 is 0 Å². The number of esters is 1. The zero-order valence-electron chi connectivity index (χ0n) is 15.3. The van der Waals surface area contributed by atoms with E-state index in [1.165, 1.54) is 13.3 Å².